The summed E-state index contributed by atoms with van der Waals surface area (Å²) < 4.78 is 0. The number of hydrogen-bond donors (Lipinski definition) is 2. The first-order chi connectivity index (χ1) is 8.95. The molecule has 4 nitrogen and oxygen atoms in total. The first-order valence-electron chi connectivity index (χ1n) is 7.30. The Kier molecular flexibility index (Phi) is 6.72. The van der Waals surface area contributed by atoms with Crippen molar-refractivity contribution < 1.29 is 4.79 Å². The molecule has 2 unspecified atom stereocenters. The van der Waals surface area contributed by atoms with Crippen LogP contribution in [0.5, 0.6) is 0 Å². The van der Waals surface area contributed by atoms with Crippen LogP contribution < -0.4 is 11.1 Å². The molecule has 0 spiro atoms. The molecule has 0 aromatic carbocycles. The number of carbonyl (C=O) groups excluding carboxylic acids is 1. The summed E-state index contributed by atoms with van der Waals surface area (Å²) in [6.07, 6.45) is 5.16. The smallest absolute Gasteiger partial charge is 0.237 e. The van der Waals surface area contributed by atoms with Gasteiger partial charge in [0.15, 0.2) is 0 Å². The van der Waals surface area contributed by atoms with Gasteiger partial charge in [0.2, 0.25) is 5.91 Å². The van der Waals surface area contributed by atoms with Crippen molar-refractivity contribution in [3.63, 3.8) is 0 Å². The lowest BCUT2D eigenvalue weighted by Gasteiger charge is -2.29. The third-order valence-electron chi connectivity index (χ3n) is 3.62. The molecule has 3 N–H and O–H groups in total. The molecule has 0 radical (unpaired) electrons. The average Bonchev–Trinajstić information content (AvgIpc) is 3.13. The Morgan fingerprint density at radius 3 is 2.58 bits per heavy atom. The minimum absolute atomic E-state index is 0.0962. The van der Waals surface area contributed by atoms with Gasteiger partial charge in [-0.1, -0.05) is 25.6 Å². The van der Waals surface area contributed by atoms with E-state index in [4.69, 9.17) is 18.0 Å². The molecule has 1 rings (SSSR count). The summed E-state index contributed by atoms with van der Waals surface area (Å²) in [5, 5.41) is 3.09. The zero-order chi connectivity index (χ0) is 14.4. The third kappa shape index (κ3) is 5.87. The quantitative estimate of drug-likeness (QED) is 0.635. The first-order valence-corrected chi connectivity index (χ1v) is 7.71. The summed E-state index contributed by atoms with van der Waals surface area (Å²) in [5.74, 6) is 0.121. The second kappa shape index (κ2) is 7.80. The fourth-order valence-electron chi connectivity index (χ4n) is 2.36. The van der Waals surface area contributed by atoms with E-state index in [1.54, 1.807) is 0 Å². The summed E-state index contributed by atoms with van der Waals surface area (Å²) in [7, 11) is 0. The van der Waals surface area contributed by atoms with Gasteiger partial charge < -0.3 is 11.1 Å². The minimum Gasteiger partial charge on any atom is -0.393 e. The first kappa shape index (κ1) is 16.4. The van der Waals surface area contributed by atoms with Gasteiger partial charge >= 0.3 is 0 Å². The fourth-order valence-corrected chi connectivity index (χ4v) is 2.45. The summed E-state index contributed by atoms with van der Waals surface area (Å²) in [5.41, 5.74) is 5.56. The highest BCUT2D eigenvalue weighted by atomic mass is 32.1. The van der Waals surface area contributed by atoms with Gasteiger partial charge in [0.25, 0.3) is 0 Å². The number of nitrogens with zero attached hydrogens (tertiary/aromatic N) is 1. The van der Waals surface area contributed by atoms with E-state index in [1.165, 1.54) is 12.8 Å². The van der Waals surface area contributed by atoms with Gasteiger partial charge in [0, 0.05) is 25.0 Å². The molecule has 0 aromatic heterocycles. The largest absolute Gasteiger partial charge is 0.393 e. The van der Waals surface area contributed by atoms with Crippen LogP contribution in [0.25, 0.3) is 0 Å². The molecule has 19 heavy (non-hydrogen) atoms. The topological polar surface area (TPSA) is 58.4 Å². The second-order valence-electron chi connectivity index (χ2n) is 5.56. The molecule has 1 fully saturated rings. The Bertz CT molecular complexity index is 318. The van der Waals surface area contributed by atoms with Crippen molar-refractivity contribution in [2.24, 2.45) is 5.73 Å². The van der Waals surface area contributed by atoms with Gasteiger partial charge in [-0.15, -0.1) is 0 Å². The van der Waals surface area contributed by atoms with Crippen LogP contribution in [0, 0.1) is 0 Å². The highest BCUT2D eigenvalue weighted by Gasteiger charge is 2.34. The minimum atomic E-state index is -0.0962. The van der Waals surface area contributed by atoms with E-state index in [1.807, 2.05) is 6.92 Å². The van der Waals surface area contributed by atoms with Crippen LogP contribution in [-0.4, -0.2) is 40.5 Å². The Balaban J connectivity index is 2.48. The van der Waals surface area contributed by atoms with E-state index in [-0.39, 0.29) is 18.0 Å². The monoisotopic (exact) mass is 285 g/mol. The maximum absolute atomic E-state index is 12.2. The van der Waals surface area contributed by atoms with Crippen LogP contribution in [0.4, 0.5) is 0 Å². The van der Waals surface area contributed by atoms with E-state index in [2.05, 4.69) is 24.1 Å². The van der Waals surface area contributed by atoms with Gasteiger partial charge in [0.1, 0.15) is 0 Å². The number of rotatable bonds is 9. The zero-order valence-electron chi connectivity index (χ0n) is 12.3. The lowest BCUT2D eigenvalue weighted by Crippen LogP contribution is -2.49. The van der Waals surface area contributed by atoms with Crippen LogP contribution >= 0.6 is 12.2 Å². The maximum Gasteiger partial charge on any atom is 0.237 e. The highest BCUT2D eigenvalue weighted by molar-refractivity contribution is 7.80. The van der Waals surface area contributed by atoms with Crippen molar-refractivity contribution in [1.29, 1.82) is 0 Å². The molecule has 1 saturated carbocycles. The summed E-state index contributed by atoms with van der Waals surface area (Å²) in [6.45, 7) is 6.96. The van der Waals surface area contributed by atoms with E-state index < -0.39 is 0 Å². The van der Waals surface area contributed by atoms with E-state index in [0.717, 1.165) is 19.4 Å². The Hall–Kier alpha value is -0.680. The van der Waals surface area contributed by atoms with E-state index in [9.17, 15) is 4.79 Å². The number of nitrogens with one attached hydrogen (secondary N) is 1. The molecule has 1 aliphatic carbocycles. The molecule has 0 heterocycles. The number of hydrogen-bond acceptors (Lipinski definition) is 3. The molecular weight excluding hydrogens is 258 g/mol. The highest BCUT2D eigenvalue weighted by Crippen LogP contribution is 2.28. The second-order valence-corrected chi connectivity index (χ2v) is 6.08. The molecule has 0 aliphatic heterocycles. The molecule has 2 atom stereocenters. The van der Waals surface area contributed by atoms with Crippen molar-refractivity contribution in [1.82, 2.24) is 10.2 Å². The van der Waals surface area contributed by atoms with Gasteiger partial charge in [-0.05, 0) is 33.1 Å². The van der Waals surface area contributed by atoms with Crippen molar-refractivity contribution in [2.45, 2.75) is 71.0 Å². The number of carbonyl (C=O) groups is 1. The van der Waals surface area contributed by atoms with E-state index in [0.29, 0.717) is 17.5 Å². The summed E-state index contributed by atoms with van der Waals surface area (Å²) in [4.78, 5) is 15.0. The summed E-state index contributed by atoms with van der Waals surface area (Å²) >= 11 is 4.93. The van der Waals surface area contributed by atoms with Crippen molar-refractivity contribution >= 4 is 23.1 Å². The van der Waals surface area contributed by atoms with Crippen LogP contribution in [0.2, 0.25) is 0 Å². The molecular formula is C14H27N3OS. The van der Waals surface area contributed by atoms with Crippen molar-refractivity contribution in [2.75, 3.05) is 6.54 Å². The van der Waals surface area contributed by atoms with Gasteiger partial charge in [-0.3, -0.25) is 9.69 Å². The zero-order valence-corrected chi connectivity index (χ0v) is 13.1. The van der Waals surface area contributed by atoms with Crippen LogP contribution in [0.1, 0.15) is 52.9 Å². The van der Waals surface area contributed by atoms with Gasteiger partial charge in [-0.2, -0.15) is 0 Å². The maximum atomic E-state index is 12.2. The number of nitrogens with two attached hydrogens (primary N) is 1. The Labute approximate surface area is 122 Å². The standard InChI is InChI=1S/C14H27N3OS/c1-4-5-10(2)16-14(18)11(3)17(12-6-7-12)9-8-13(15)19/h10-12H,4-9H2,1-3H3,(H2,15,19)(H,16,18). The van der Waals surface area contributed by atoms with Crippen molar-refractivity contribution in [3.8, 4) is 0 Å². The molecule has 1 amide bonds. The number of amides is 1. The SMILES string of the molecule is CCCC(C)NC(=O)C(C)N(CCC(N)=S)C1CC1. The normalized spacial score (nSPS) is 18.1. The Morgan fingerprint density at radius 2 is 2.11 bits per heavy atom. The van der Waals surface area contributed by atoms with Gasteiger partial charge in [-0.25, -0.2) is 0 Å². The Morgan fingerprint density at radius 1 is 1.47 bits per heavy atom. The average molecular weight is 285 g/mol. The third-order valence-corrected chi connectivity index (χ3v) is 3.82. The van der Waals surface area contributed by atoms with E-state index >= 15 is 0 Å². The number of thiocarbonyl (C=S) groups is 1. The molecule has 110 valence electrons. The summed E-state index contributed by atoms with van der Waals surface area (Å²) in [6, 6.07) is 0.689. The molecule has 1 aliphatic rings. The molecule has 5 heteroatoms. The lowest BCUT2D eigenvalue weighted by atomic mass is 10.1. The van der Waals surface area contributed by atoms with Crippen LogP contribution in [0.15, 0.2) is 0 Å². The van der Waals surface area contributed by atoms with Gasteiger partial charge in [0.05, 0.1) is 11.0 Å². The molecule has 0 aromatic rings. The lowest BCUT2D eigenvalue weighted by molar-refractivity contribution is -0.126. The van der Waals surface area contributed by atoms with Crippen molar-refractivity contribution in [3.05, 3.63) is 0 Å². The predicted octanol–water partition coefficient (Wildman–Crippen LogP) is 1.82. The van der Waals surface area contributed by atoms with Crippen LogP contribution in [0.3, 0.4) is 0 Å². The fraction of sp³-hybridized carbons (Fsp3) is 0.857. The van der Waals surface area contributed by atoms with Crippen LogP contribution in [-0.2, 0) is 4.79 Å². The predicted molar refractivity (Wildman–Crippen MR) is 83.1 cm³/mol. The molecule has 0 bridgehead atoms. The molecule has 0 saturated heterocycles.